The number of methoxy groups -OCH3 is 1. The van der Waals surface area contributed by atoms with Gasteiger partial charge in [0.25, 0.3) is 5.56 Å². The molecule has 0 saturated heterocycles. The average Bonchev–Trinajstić information content (AvgIpc) is 3.02. The van der Waals surface area contributed by atoms with Crippen LogP contribution in [0.3, 0.4) is 0 Å². The molecule has 0 amide bonds. The smallest absolute Gasteiger partial charge is 0.348 e. The molecule has 28 heavy (non-hydrogen) atoms. The number of hydrogen-bond donors (Lipinski definition) is 0. The van der Waals surface area contributed by atoms with Gasteiger partial charge in [-0.3, -0.25) is 9.36 Å². The molecule has 1 aromatic carbocycles. The monoisotopic (exact) mass is 400 g/mol. The first kappa shape index (κ1) is 20.2. The van der Waals surface area contributed by atoms with E-state index in [1.165, 1.54) is 23.2 Å². The van der Waals surface area contributed by atoms with Crippen molar-refractivity contribution in [3.8, 4) is 0 Å². The lowest BCUT2D eigenvalue weighted by Gasteiger charge is -2.08. The van der Waals surface area contributed by atoms with Gasteiger partial charge in [0.1, 0.15) is 16.3 Å². The summed E-state index contributed by atoms with van der Waals surface area (Å²) in [6, 6.07) is 8.23. The van der Waals surface area contributed by atoms with Crippen molar-refractivity contribution in [3.05, 3.63) is 62.5 Å². The molecule has 0 spiro atoms. The van der Waals surface area contributed by atoms with Crippen LogP contribution in [0.5, 0.6) is 0 Å². The molecule has 6 nitrogen and oxygen atoms in total. The third-order valence-electron chi connectivity index (χ3n) is 4.62. The standard InChI is InChI=1S/C21H24N2O4S/c1-13(2)16-7-5-15(6-8-16)11-23-12-22-19-17(20(23)24)14(3)18(28-19)21(25)27-10-9-26-4/h5-8,12-13H,9-11H2,1-4H3. The van der Waals surface area contributed by atoms with Crippen molar-refractivity contribution in [1.29, 1.82) is 0 Å². The first-order valence-electron chi connectivity index (χ1n) is 9.15. The van der Waals surface area contributed by atoms with Crippen molar-refractivity contribution in [1.82, 2.24) is 9.55 Å². The van der Waals surface area contributed by atoms with Crippen LogP contribution in [0.4, 0.5) is 0 Å². The fourth-order valence-corrected chi connectivity index (χ4v) is 3.99. The molecule has 0 aliphatic carbocycles. The fourth-order valence-electron chi connectivity index (χ4n) is 2.95. The van der Waals surface area contributed by atoms with Crippen LogP contribution in [0.25, 0.3) is 10.2 Å². The van der Waals surface area contributed by atoms with Gasteiger partial charge in [-0.25, -0.2) is 9.78 Å². The third kappa shape index (κ3) is 4.15. The molecule has 0 fully saturated rings. The molecule has 0 atom stereocenters. The second kappa shape index (κ2) is 8.67. The Kier molecular flexibility index (Phi) is 6.26. The second-order valence-electron chi connectivity index (χ2n) is 6.94. The Morgan fingerprint density at radius 3 is 2.57 bits per heavy atom. The molecule has 0 bridgehead atoms. The van der Waals surface area contributed by atoms with Crippen molar-refractivity contribution in [3.63, 3.8) is 0 Å². The minimum absolute atomic E-state index is 0.150. The summed E-state index contributed by atoms with van der Waals surface area (Å²) < 4.78 is 11.7. The van der Waals surface area contributed by atoms with E-state index < -0.39 is 5.97 Å². The van der Waals surface area contributed by atoms with Crippen LogP contribution in [0, 0.1) is 6.92 Å². The van der Waals surface area contributed by atoms with Crippen LogP contribution in [-0.4, -0.2) is 35.8 Å². The number of aromatic nitrogens is 2. The molecule has 0 unspecified atom stereocenters. The predicted molar refractivity (Wildman–Crippen MR) is 110 cm³/mol. The zero-order valence-corrected chi connectivity index (χ0v) is 17.3. The Morgan fingerprint density at radius 2 is 1.93 bits per heavy atom. The summed E-state index contributed by atoms with van der Waals surface area (Å²) in [5.74, 6) is 0.0121. The SMILES string of the molecule is COCCOC(=O)c1sc2ncn(Cc3ccc(C(C)C)cc3)c(=O)c2c1C. The highest BCUT2D eigenvalue weighted by atomic mass is 32.1. The summed E-state index contributed by atoms with van der Waals surface area (Å²) in [6.45, 7) is 6.99. The van der Waals surface area contributed by atoms with E-state index >= 15 is 0 Å². The van der Waals surface area contributed by atoms with Crippen LogP contribution in [0.15, 0.2) is 35.4 Å². The number of rotatable bonds is 7. The van der Waals surface area contributed by atoms with E-state index in [1.54, 1.807) is 18.6 Å². The Balaban J connectivity index is 1.89. The van der Waals surface area contributed by atoms with E-state index in [-0.39, 0.29) is 12.2 Å². The molecule has 2 heterocycles. The Morgan fingerprint density at radius 1 is 1.21 bits per heavy atom. The second-order valence-corrected chi connectivity index (χ2v) is 7.94. The van der Waals surface area contributed by atoms with E-state index in [4.69, 9.17) is 9.47 Å². The zero-order valence-electron chi connectivity index (χ0n) is 16.5. The Labute approximate surface area is 167 Å². The number of fused-ring (bicyclic) bond motifs is 1. The summed E-state index contributed by atoms with van der Waals surface area (Å²) in [6.07, 6.45) is 1.54. The zero-order chi connectivity index (χ0) is 20.3. The predicted octanol–water partition coefficient (Wildman–Crippen LogP) is 3.74. The van der Waals surface area contributed by atoms with Crippen molar-refractivity contribution >= 4 is 27.5 Å². The van der Waals surface area contributed by atoms with Gasteiger partial charge < -0.3 is 9.47 Å². The van der Waals surface area contributed by atoms with Crippen molar-refractivity contribution in [2.24, 2.45) is 0 Å². The molecule has 148 valence electrons. The molecule has 7 heteroatoms. The lowest BCUT2D eigenvalue weighted by Crippen LogP contribution is -2.21. The molecule has 0 radical (unpaired) electrons. The maximum Gasteiger partial charge on any atom is 0.348 e. The van der Waals surface area contributed by atoms with E-state index in [0.717, 1.165) is 5.56 Å². The Hall–Kier alpha value is -2.51. The number of carbonyl (C=O) groups is 1. The van der Waals surface area contributed by atoms with E-state index in [0.29, 0.717) is 39.7 Å². The van der Waals surface area contributed by atoms with Crippen LogP contribution < -0.4 is 5.56 Å². The van der Waals surface area contributed by atoms with Crippen LogP contribution >= 0.6 is 11.3 Å². The third-order valence-corrected chi connectivity index (χ3v) is 5.80. The molecular weight excluding hydrogens is 376 g/mol. The lowest BCUT2D eigenvalue weighted by atomic mass is 10.0. The Bertz CT molecular complexity index is 1030. The fraction of sp³-hybridized carbons (Fsp3) is 0.381. The number of benzene rings is 1. The normalized spacial score (nSPS) is 11.3. The number of thiophene rings is 1. The highest BCUT2D eigenvalue weighted by Gasteiger charge is 2.20. The molecule has 0 aliphatic heterocycles. The lowest BCUT2D eigenvalue weighted by molar-refractivity contribution is 0.0393. The first-order valence-corrected chi connectivity index (χ1v) is 9.97. The van der Waals surface area contributed by atoms with Gasteiger partial charge in [-0.2, -0.15) is 0 Å². The van der Waals surface area contributed by atoms with Gasteiger partial charge in [-0.15, -0.1) is 11.3 Å². The highest BCUT2D eigenvalue weighted by molar-refractivity contribution is 7.20. The number of ether oxygens (including phenoxy) is 2. The van der Waals surface area contributed by atoms with Gasteiger partial charge in [0.15, 0.2) is 0 Å². The number of carbonyl (C=O) groups excluding carboxylic acids is 1. The van der Waals surface area contributed by atoms with Gasteiger partial charge >= 0.3 is 5.97 Å². The summed E-state index contributed by atoms with van der Waals surface area (Å²) >= 11 is 1.18. The number of esters is 1. The summed E-state index contributed by atoms with van der Waals surface area (Å²) in [5, 5.41) is 0.477. The maximum atomic E-state index is 13.0. The summed E-state index contributed by atoms with van der Waals surface area (Å²) in [4.78, 5) is 30.6. The van der Waals surface area contributed by atoms with Crippen LogP contribution in [0.2, 0.25) is 0 Å². The topological polar surface area (TPSA) is 70.4 Å². The van der Waals surface area contributed by atoms with Crippen molar-refractivity contribution < 1.29 is 14.3 Å². The quantitative estimate of drug-likeness (QED) is 0.446. The number of hydrogen-bond acceptors (Lipinski definition) is 6. The van der Waals surface area contributed by atoms with E-state index in [1.807, 2.05) is 12.1 Å². The minimum atomic E-state index is -0.451. The molecule has 0 saturated carbocycles. The molecular formula is C21H24N2O4S. The van der Waals surface area contributed by atoms with Gasteiger partial charge in [0.2, 0.25) is 0 Å². The van der Waals surface area contributed by atoms with Crippen LogP contribution in [0.1, 0.15) is 46.1 Å². The van der Waals surface area contributed by atoms with Crippen molar-refractivity contribution in [2.75, 3.05) is 20.3 Å². The van der Waals surface area contributed by atoms with Crippen molar-refractivity contribution in [2.45, 2.75) is 33.2 Å². The summed E-state index contributed by atoms with van der Waals surface area (Å²) in [5.41, 5.74) is 2.75. The highest BCUT2D eigenvalue weighted by Crippen LogP contribution is 2.27. The van der Waals surface area contributed by atoms with Gasteiger partial charge in [-0.05, 0) is 29.5 Å². The van der Waals surface area contributed by atoms with Gasteiger partial charge in [-0.1, -0.05) is 38.1 Å². The van der Waals surface area contributed by atoms with E-state index in [2.05, 4.69) is 31.0 Å². The van der Waals surface area contributed by atoms with Crippen LogP contribution in [-0.2, 0) is 16.0 Å². The maximum absolute atomic E-state index is 13.0. The average molecular weight is 401 g/mol. The van der Waals surface area contributed by atoms with Gasteiger partial charge in [0, 0.05) is 7.11 Å². The molecule has 0 aliphatic rings. The van der Waals surface area contributed by atoms with Gasteiger partial charge in [0.05, 0.1) is 24.9 Å². The minimum Gasteiger partial charge on any atom is -0.459 e. The largest absolute Gasteiger partial charge is 0.459 e. The first-order chi connectivity index (χ1) is 13.4. The molecule has 3 aromatic rings. The number of aryl methyl sites for hydroxylation is 1. The molecule has 0 N–H and O–H groups in total. The molecule has 3 rings (SSSR count). The number of nitrogens with zero attached hydrogens (tertiary/aromatic N) is 2. The molecule has 2 aromatic heterocycles. The van der Waals surface area contributed by atoms with E-state index in [9.17, 15) is 9.59 Å². The summed E-state index contributed by atoms with van der Waals surface area (Å²) in [7, 11) is 1.54.